The molecule has 0 radical (unpaired) electrons. The molecule has 1 aliphatic rings. The smallest absolute Gasteiger partial charge is 0.101 e. The van der Waals surface area contributed by atoms with Crippen molar-refractivity contribution in [1.82, 2.24) is 5.32 Å². The van der Waals surface area contributed by atoms with Gasteiger partial charge in [-0.25, -0.2) is 0 Å². The molecule has 0 spiro atoms. The van der Waals surface area contributed by atoms with Crippen LogP contribution in [0, 0.1) is 17.2 Å². The number of rotatable bonds is 3. The Morgan fingerprint density at radius 2 is 2.00 bits per heavy atom. The monoisotopic (exact) mass is 279 g/mol. The number of piperazine rings is 1. The summed E-state index contributed by atoms with van der Waals surface area (Å²) in [5, 5.41) is 12.7. The zero-order chi connectivity index (χ0) is 13.0. The van der Waals surface area contributed by atoms with Crippen LogP contribution in [-0.2, 0) is 6.42 Å². The van der Waals surface area contributed by atoms with Gasteiger partial charge in [0.15, 0.2) is 0 Å². The molecule has 3 nitrogen and oxygen atoms in total. The van der Waals surface area contributed by atoms with E-state index in [0.29, 0.717) is 5.92 Å². The van der Waals surface area contributed by atoms with Crippen LogP contribution in [0.3, 0.4) is 0 Å². The average Bonchev–Trinajstić information content (AvgIpc) is 2.38. The number of nitrogens with one attached hydrogen (secondary N) is 1. The lowest BCUT2D eigenvalue weighted by Gasteiger charge is -2.32. The molecule has 0 aliphatic carbocycles. The largest absolute Gasteiger partial charge is 0.368 e. The third kappa shape index (κ3) is 3.86. The van der Waals surface area contributed by atoms with Crippen LogP contribution in [0.2, 0.25) is 0 Å². The van der Waals surface area contributed by atoms with Crippen molar-refractivity contribution in [2.75, 3.05) is 31.1 Å². The standard InChI is InChI=1S/C15H21N3.ClH/c1-12(2)10-13-4-3-5-14(11-16)15(13)18-8-6-17-7-9-18;/h3-5,12,17H,6-10H2,1-2H3;1H. The molecule has 0 aromatic heterocycles. The molecule has 1 aliphatic heterocycles. The third-order valence-corrected chi connectivity index (χ3v) is 3.30. The van der Waals surface area contributed by atoms with Crippen molar-refractivity contribution in [2.24, 2.45) is 5.92 Å². The predicted octanol–water partition coefficient (Wildman–Crippen LogP) is 2.59. The van der Waals surface area contributed by atoms with Crippen LogP contribution in [0.5, 0.6) is 0 Å². The first-order valence-electron chi connectivity index (χ1n) is 6.70. The molecule has 0 amide bonds. The topological polar surface area (TPSA) is 39.1 Å². The molecular formula is C15H22ClN3. The van der Waals surface area contributed by atoms with Crippen LogP contribution >= 0.6 is 12.4 Å². The maximum absolute atomic E-state index is 9.32. The molecule has 0 unspecified atom stereocenters. The van der Waals surface area contributed by atoms with Gasteiger partial charge >= 0.3 is 0 Å². The first kappa shape index (κ1) is 15.8. The van der Waals surface area contributed by atoms with Gasteiger partial charge in [0, 0.05) is 26.2 Å². The number of benzene rings is 1. The van der Waals surface area contributed by atoms with Gasteiger partial charge in [-0.05, 0) is 24.0 Å². The van der Waals surface area contributed by atoms with Crippen LogP contribution in [-0.4, -0.2) is 26.2 Å². The average molecular weight is 280 g/mol. The molecule has 0 saturated carbocycles. The summed E-state index contributed by atoms with van der Waals surface area (Å²) in [6.45, 7) is 8.43. The second-order valence-corrected chi connectivity index (χ2v) is 5.26. The van der Waals surface area contributed by atoms with Crippen LogP contribution in [0.1, 0.15) is 25.0 Å². The minimum atomic E-state index is 0. The molecule has 1 aromatic carbocycles. The Balaban J connectivity index is 0.00000180. The SMILES string of the molecule is CC(C)Cc1cccc(C#N)c1N1CCNCC1.Cl. The summed E-state index contributed by atoms with van der Waals surface area (Å²) in [4.78, 5) is 2.35. The van der Waals surface area contributed by atoms with Crippen molar-refractivity contribution < 1.29 is 0 Å². The Morgan fingerprint density at radius 3 is 2.58 bits per heavy atom. The molecule has 2 rings (SSSR count). The lowest BCUT2D eigenvalue weighted by molar-refractivity contribution is 0.583. The lowest BCUT2D eigenvalue weighted by atomic mass is 9.97. The summed E-state index contributed by atoms with van der Waals surface area (Å²) in [6, 6.07) is 8.44. The van der Waals surface area contributed by atoms with Gasteiger partial charge in [-0.2, -0.15) is 5.26 Å². The van der Waals surface area contributed by atoms with E-state index in [4.69, 9.17) is 0 Å². The maximum atomic E-state index is 9.32. The fourth-order valence-electron chi connectivity index (χ4n) is 2.55. The quantitative estimate of drug-likeness (QED) is 0.924. The Hall–Kier alpha value is -1.24. The van der Waals surface area contributed by atoms with Crippen LogP contribution in [0.15, 0.2) is 18.2 Å². The van der Waals surface area contributed by atoms with Gasteiger partial charge < -0.3 is 10.2 Å². The summed E-state index contributed by atoms with van der Waals surface area (Å²) < 4.78 is 0. The van der Waals surface area contributed by atoms with E-state index < -0.39 is 0 Å². The van der Waals surface area contributed by atoms with Gasteiger partial charge in [0.2, 0.25) is 0 Å². The highest BCUT2D eigenvalue weighted by Gasteiger charge is 2.18. The Morgan fingerprint density at radius 1 is 1.32 bits per heavy atom. The molecule has 1 saturated heterocycles. The second kappa shape index (κ2) is 7.37. The summed E-state index contributed by atoms with van der Waals surface area (Å²) in [5.74, 6) is 0.612. The number of para-hydroxylation sites is 1. The fraction of sp³-hybridized carbons (Fsp3) is 0.533. The Bertz CT molecular complexity index is 445. The van der Waals surface area contributed by atoms with Gasteiger partial charge in [-0.3, -0.25) is 0 Å². The van der Waals surface area contributed by atoms with E-state index in [9.17, 15) is 5.26 Å². The second-order valence-electron chi connectivity index (χ2n) is 5.26. The molecule has 0 bridgehead atoms. The molecule has 0 atom stereocenters. The highest BCUT2D eigenvalue weighted by Crippen LogP contribution is 2.27. The van der Waals surface area contributed by atoms with Crippen molar-refractivity contribution >= 4 is 18.1 Å². The normalized spacial score (nSPS) is 14.9. The van der Waals surface area contributed by atoms with Gasteiger partial charge in [0.05, 0.1) is 11.3 Å². The Labute approximate surface area is 122 Å². The maximum Gasteiger partial charge on any atom is 0.101 e. The van der Waals surface area contributed by atoms with Gasteiger partial charge in [0.1, 0.15) is 6.07 Å². The van der Waals surface area contributed by atoms with Crippen LogP contribution in [0.4, 0.5) is 5.69 Å². The van der Waals surface area contributed by atoms with E-state index in [1.54, 1.807) is 0 Å². The highest BCUT2D eigenvalue weighted by atomic mass is 35.5. The van der Waals surface area contributed by atoms with E-state index in [0.717, 1.165) is 43.9 Å². The van der Waals surface area contributed by atoms with Gasteiger partial charge in [0.25, 0.3) is 0 Å². The van der Waals surface area contributed by atoms with Crippen LogP contribution in [0.25, 0.3) is 0 Å². The van der Waals surface area contributed by atoms with Crippen molar-refractivity contribution in [3.63, 3.8) is 0 Å². The molecular weight excluding hydrogens is 258 g/mol. The number of halogens is 1. The van der Waals surface area contributed by atoms with E-state index in [2.05, 4.69) is 36.2 Å². The van der Waals surface area contributed by atoms with Crippen molar-refractivity contribution in [1.29, 1.82) is 5.26 Å². The highest BCUT2D eigenvalue weighted by molar-refractivity contribution is 5.85. The number of nitrogens with zero attached hydrogens (tertiary/aromatic N) is 2. The van der Waals surface area contributed by atoms with Crippen molar-refractivity contribution in [3.8, 4) is 6.07 Å². The molecule has 1 fully saturated rings. The summed E-state index contributed by atoms with van der Waals surface area (Å²) in [6.07, 6.45) is 1.04. The fourth-order valence-corrected chi connectivity index (χ4v) is 2.55. The van der Waals surface area contributed by atoms with Gasteiger partial charge in [-0.15, -0.1) is 12.4 Å². The zero-order valence-corrected chi connectivity index (χ0v) is 12.5. The molecule has 1 aromatic rings. The van der Waals surface area contributed by atoms with E-state index in [-0.39, 0.29) is 12.4 Å². The summed E-state index contributed by atoms with van der Waals surface area (Å²) in [7, 11) is 0. The molecule has 4 heteroatoms. The number of anilines is 1. The minimum Gasteiger partial charge on any atom is -0.368 e. The van der Waals surface area contributed by atoms with E-state index in [1.807, 2.05) is 12.1 Å². The molecule has 104 valence electrons. The summed E-state index contributed by atoms with van der Waals surface area (Å²) in [5.41, 5.74) is 3.29. The van der Waals surface area contributed by atoms with E-state index >= 15 is 0 Å². The number of nitriles is 1. The van der Waals surface area contributed by atoms with E-state index in [1.165, 1.54) is 5.56 Å². The van der Waals surface area contributed by atoms with Gasteiger partial charge in [-0.1, -0.05) is 26.0 Å². The lowest BCUT2D eigenvalue weighted by Crippen LogP contribution is -2.44. The summed E-state index contributed by atoms with van der Waals surface area (Å²) >= 11 is 0. The number of hydrogen-bond acceptors (Lipinski definition) is 3. The minimum absolute atomic E-state index is 0. The predicted molar refractivity (Wildman–Crippen MR) is 82.0 cm³/mol. The molecule has 1 heterocycles. The Kier molecular flexibility index (Phi) is 6.14. The first-order valence-corrected chi connectivity index (χ1v) is 6.70. The zero-order valence-electron chi connectivity index (χ0n) is 11.6. The van der Waals surface area contributed by atoms with Crippen LogP contribution < -0.4 is 10.2 Å². The molecule has 1 N–H and O–H groups in total. The van der Waals surface area contributed by atoms with Crippen molar-refractivity contribution in [2.45, 2.75) is 20.3 Å². The molecule has 19 heavy (non-hydrogen) atoms. The first-order chi connectivity index (χ1) is 8.72. The third-order valence-electron chi connectivity index (χ3n) is 3.30. The van der Waals surface area contributed by atoms with Crippen molar-refractivity contribution in [3.05, 3.63) is 29.3 Å². The number of hydrogen-bond donors (Lipinski definition) is 1.